The molecule has 1 aliphatic rings. The Morgan fingerprint density at radius 3 is 2.94 bits per heavy atom. The van der Waals surface area contributed by atoms with Gasteiger partial charge in [0.2, 0.25) is 5.91 Å². The van der Waals surface area contributed by atoms with E-state index >= 15 is 0 Å². The van der Waals surface area contributed by atoms with Gasteiger partial charge in [-0.3, -0.25) is 4.79 Å². The first-order valence-electron chi connectivity index (χ1n) is 6.60. The molecule has 0 radical (unpaired) electrons. The molecule has 1 aliphatic heterocycles. The van der Waals surface area contributed by atoms with E-state index in [1.807, 2.05) is 11.9 Å². The molecule has 1 fully saturated rings. The Hall–Kier alpha value is -0.610. The highest BCUT2D eigenvalue weighted by molar-refractivity contribution is 5.76. The normalized spacial score (nSPS) is 22.9. The summed E-state index contributed by atoms with van der Waals surface area (Å²) in [5.41, 5.74) is 0. The van der Waals surface area contributed by atoms with Crippen LogP contribution in [0.15, 0.2) is 0 Å². The molecule has 0 aromatic carbocycles. The number of rotatable bonds is 5. The molecular formula is C13H26N2O2. The zero-order valence-electron chi connectivity index (χ0n) is 11.4. The smallest absolute Gasteiger partial charge is 0.222 e. The van der Waals surface area contributed by atoms with Gasteiger partial charge in [-0.2, -0.15) is 0 Å². The van der Waals surface area contributed by atoms with Crippen molar-refractivity contribution in [3.8, 4) is 0 Å². The van der Waals surface area contributed by atoms with Crippen LogP contribution in [0, 0.1) is 5.92 Å². The van der Waals surface area contributed by atoms with E-state index in [0.29, 0.717) is 25.0 Å². The summed E-state index contributed by atoms with van der Waals surface area (Å²) >= 11 is 0. The van der Waals surface area contributed by atoms with Crippen LogP contribution in [0.4, 0.5) is 0 Å². The molecular weight excluding hydrogens is 216 g/mol. The number of ether oxygens (including phenoxy) is 1. The van der Waals surface area contributed by atoms with Crippen LogP contribution in [0.1, 0.15) is 32.6 Å². The number of carbonyl (C=O) groups is 1. The Morgan fingerprint density at radius 2 is 2.24 bits per heavy atom. The molecule has 1 saturated heterocycles. The number of carbonyl (C=O) groups excluding carboxylic acids is 1. The summed E-state index contributed by atoms with van der Waals surface area (Å²) < 4.78 is 5.07. The molecule has 0 aromatic heterocycles. The van der Waals surface area contributed by atoms with Crippen LogP contribution in [-0.4, -0.2) is 50.7 Å². The summed E-state index contributed by atoms with van der Waals surface area (Å²) in [4.78, 5) is 14.0. The van der Waals surface area contributed by atoms with Crippen molar-refractivity contribution in [1.29, 1.82) is 0 Å². The van der Waals surface area contributed by atoms with Crippen LogP contribution < -0.4 is 5.32 Å². The maximum Gasteiger partial charge on any atom is 0.222 e. The molecule has 2 unspecified atom stereocenters. The van der Waals surface area contributed by atoms with Crippen molar-refractivity contribution in [2.24, 2.45) is 5.92 Å². The zero-order valence-corrected chi connectivity index (χ0v) is 11.4. The summed E-state index contributed by atoms with van der Waals surface area (Å²) in [6.45, 7) is 4.82. The predicted octanol–water partition coefficient (Wildman–Crippen LogP) is 1.26. The summed E-state index contributed by atoms with van der Waals surface area (Å²) in [5.74, 6) is 0.556. The second-order valence-electron chi connectivity index (χ2n) is 5.10. The van der Waals surface area contributed by atoms with E-state index in [9.17, 15) is 4.79 Å². The van der Waals surface area contributed by atoms with Crippen molar-refractivity contribution in [2.45, 2.75) is 38.6 Å². The van der Waals surface area contributed by atoms with Gasteiger partial charge in [-0.1, -0.05) is 6.92 Å². The molecule has 1 rings (SSSR count). The van der Waals surface area contributed by atoms with Crippen molar-refractivity contribution >= 4 is 5.91 Å². The third-order valence-corrected chi connectivity index (χ3v) is 3.46. The van der Waals surface area contributed by atoms with Gasteiger partial charge in [0.1, 0.15) is 0 Å². The topological polar surface area (TPSA) is 41.6 Å². The molecule has 4 nitrogen and oxygen atoms in total. The van der Waals surface area contributed by atoms with Gasteiger partial charge < -0.3 is 15.0 Å². The Balaban J connectivity index is 2.38. The van der Waals surface area contributed by atoms with Crippen molar-refractivity contribution in [3.63, 3.8) is 0 Å². The lowest BCUT2D eigenvalue weighted by Gasteiger charge is -2.28. The Kier molecular flexibility index (Phi) is 6.52. The highest BCUT2D eigenvalue weighted by atomic mass is 16.5. The van der Waals surface area contributed by atoms with Crippen LogP contribution in [-0.2, 0) is 9.53 Å². The Labute approximate surface area is 105 Å². The minimum atomic E-state index is 0.251. The van der Waals surface area contributed by atoms with Gasteiger partial charge in [-0.25, -0.2) is 0 Å². The van der Waals surface area contributed by atoms with Gasteiger partial charge in [-0.15, -0.1) is 0 Å². The molecule has 1 amide bonds. The minimum absolute atomic E-state index is 0.251. The van der Waals surface area contributed by atoms with Gasteiger partial charge in [0, 0.05) is 33.2 Å². The third kappa shape index (κ3) is 5.04. The highest BCUT2D eigenvalue weighted by Crippen LogP contribution is 2.14. The van der Waals surface area contributed by atoms with Crippen molar-refractivity contribution in [2.75, 3.05) is 33.9 Å². The van der Waals surface area contributed by atoms with E-state index in [0.717, 1.165) is 32.4 Å². The number of amides is 1. The predicted molar refractivity (Wildman–Crippen MR) is 68.9 cm³/mol. The minimum Gasteiger partial charge on any atom is -0.384 e. The fraction of sp³-hybridized carbons (Fsp3) is 0.923. The molecule has 0 spiro atoms. The molecule has 0 saturated carbocycles. The van der Waals surface area contributed by atoms with Gasteiger partial charge >= 0.3 is 0 Å². The second-order valence-corrected chi connectivity index (χ2v) is 5.10. The van der Waals surface area contributed by atoms with Crippen molar-refractivity contribution in [3.05, 3.63) is 0 Å². The standard InChI is InChI=1S/C13H26N2O2/c1-11(10-17-3)9-13(16)15(2)12-5-4-7-14-8-6-12/h11-12,14H,4-10H2,1-3H3. The van der Waals surface area contributed by atoms with E-state index in [4.69, 9.17) is 4.74 Å². The maximum absolute atomic E-state index is 12.1. The quantitative estimate of drug-likeness (QED) is 0.789. The summed E-state index contributed by atoms with van der Waals surface area (Å²) in [7, 11) is 3.62. The average molecular weight is 242 g/mol. The molecule has 2 atom stereocenters. The summed E-state index contributed by atoms with van der Waals surface area (Å²) in [6.07, 6.45) is 3.94. The molecule has 0 bridgehead atoms. The van der Waals surface area contributed by atoms with Gasteiger partial charge in [-0.05, 0) is 38.3 Å². The van der Waals surface area contributed by atoms with E-state index in [1.54, 1.807) is 7.11 Å². The fourth-order valence-electron chi connectivity index (χ4n) is 2.38. The summed E-state index contributed by atoms with van der Waals surface area (Å²) in [5, 5.41) is 3.37. The van der Waals surface area contributed by atoms with E-state index in [1.165, 1.54) is 0 Å². The van der Waals surface area contributed by atoms with Crippen molar-refractivity contribution < 1.29 is 9.53 Å². The number of nitrogens with zero attached hydrogens (tertiary/aromatic N) is 1. The number of hydrogen-bond donors (Lipinski definition) is 1. The monoisotopic (exact) mass is 242 g/mol. The number of nitrogens with one attached hydrogen (secondary N) is 1. The largest absolute Gasteiger partial charge is 0.384 e. The second kappa shape index (κ2) is 7.67. The first kappa shape index (κ1) is 14.5. The van der Waals surface area contributed by atoms with Crippen LogP contribution >= 0.6 is 0 Å². The van der Waals surface area contributed by atoms with E-state index in [2.05, 4.69) is 12.2 Å². The van der Waals surface area contributed by atoms with Gasteiger partial charge in [0.25, 0.3) is 0 Å². The highest BCUT2D eigenvalue weighted by Gasteiger charge is 2.22. The molecule has 100 valence electrons. The molecule has 1 N–H and O–H groups in total. The Bertz CT molecular complexity index is 225. The average Bonchev–Trinajstić information content (AvgIpc) is 2.56. The zero-order chi connectivity index (χ0) is 12.7. The third-order valence-electron chi connectivity index (χ3n) is 3.46. The molecule has 1 heterocycles. The maximum atomic E-state index is 12.1. The van der Waals surface area contributed by atoms with Crippen LogP contribution in [0.5, 0.6) is 0 Å². The van der Waals surface area contributed by atoms with Crippen LogP contribution in [0.25, 0.3) is 0 Å². The van der Waals surface area contributed by atoms with E-state index < -0.39 is 0 Å². The Morgan fingerprint density at radius 1 is 1.47 bits per heavy atom. The van der Waals surface area contributed by atoms with Crippen molar-refractivity contribution in [1.82, 2.24) is 10.2 Å². The molecule has 0 aromatic rings. The lowest BCUT2D eigenvalue weighted by atomic mass is 10.0. The first-order valence-corrected chi connectivity index (χ1v) is 6.60. The number of hydrogen-bond acceptors (Lipinski definition) is 3. The van der Waals surface area contributed by atoms with E-state index in [-0.39, 0.29) is 5.91 Å². The SMILES string of the molecule is COCC(C)CC(=O)N(C)C1CCCNCC1. The molecule has 4 heteroatoms. The van der Waals surface area contributed by atoms with Gasteiger partial charge in [0.15, 0.2) is 0 Å². The summed E-state index contributed by atoms with van der Waals surface area (Å²) in [6, 6.07) is 0.409. The van der Waals surface area contributed by atoms with Crippen LogP contribution in [0.3, 0.4) is 0 Å². The fourth-order valence-corrected chi connectivity index (χ4v) is 2.38. The number of methoxy groups -OCH3 is 1. The van der Waals surface area contributed by atoms with Gasteiger partial charge in [0.05, 0.1) is 0 Å². The molecule has 0 aliphatic carbocycles. The first-order chi connectivity index (χ1) is 8.15. The lowest BCUT2D eigenvalue weighted by Crippen LogP contribution is -2.38. The van der Waals surface area contributed by atoms with Crippen LogP contribution in [0.2, 0.25) is 0 Å². The lowest BCUT2D eigenvalue weighted by molar-refractivity contribution is -0.133. The molecule has 17 heavy (non-hydrogen) atoms.